The van der Waals surface area contributed by atoms with Crippen molar-refractivity contribution in [3.05, 3.63) is 29.1 Å². The zero-order valence-electron chi connectivity index (χ0n) is 18.0. The van der Waals surface area contributed by atoms with Crippen LogP contribution < -0.4 is 0 Å². The molecular formula is C25H31ClN2O2. The van der Waals surface area contributed by atoms with Gasteiger partial charge in [-0.3, -0.25) is 4.79 Å². The van der Waals surface area contributed by atoms with Gasteiger partial charge in [0, 0.05) is 24.0 Å². The summed E-state index contributed by atoms with van der Waals surface area (Å²) in [7, 11) is 0. The summed E-state index contributed by atoms with van der Waals surface area (Å²) in [5.74, 6) is 2.29. The highest BCUT2D eigenvalue weighted by Crippen LogP contribution is 2.70. The van der Waals surface area contributed by atoms with E-state index in [0.29, 0.717) is 21.8 Å². The Morgan fingerprint density at radius 3 is 2.47 bits per heavy atom. The van der Waals surface area contributed by atoms with Crippen LogP contribution in [0.5, 0.6) is 0 Å². The average Bonchev–Trinajstić information content (AvgIpc) is 3.08. The Hall–Kier alpha value is -1.55. The quantitative estimate of drug-likeness (QED) is 0.575. The maximum Gasteiger partial charge on any atom is 0.228 e. The third-order valence-corrected chi connectivity index (χ3v) is 8.81. The van der Waals surface area contributed by atoms with Crippen LogP contribution in [0.4, 0.5) is 0 Å². The van der Waals surface area contributed by atoms with Gasteiger partial charge in [-0.2, -0.15) is 0 Å². The molecule has 4 nitrogen and oxygen atoms in total. The van der Waals surface area contributed by atoms with E-state index in [1.165, 1.54) is 19.3 Å². The number of hydrogen-bond donors (Lipinski definition) is 0. The topological polar surface area (TPSA) is 46.3 Å². The highest BCUT2D eigenvalue weighted by atomic mass is 35.5. The molecule has 2 heterocycles. The molecule has 4 saturated carbocycles. The lowest BCUT2D eigenvalue weighted by molar-refractivity contribution is -0.180. The molecule has 1 aliphatic heterocycles. The molecule has 2 atom stereocenters. The molecule has 5 heteroatoms. The van der Waals surface area contributed by atoms with E-state index in [9.17, 15) is 4.79 Å². The van der Waals surface area contributed by atoms with Crippen molar-refractivity contribution in [1.82, 2.24) is 9.88 Å². The first-order valence-electron chi connectivity index (χ1n) is 11.6. The molecule has 5 aliphatic rings. The Balaban J connectivity index is 1.18. The number of fused-ring (bicyclic) bond motifs is 1. The Morgan fingerprint density at radius 2 is 1.80 bits per heavy atom. The summed E-state index contributed by atoms with van der Waals surface area (Å²) in [6, 6.07) is 5.59. The fourth-order valence-electron chi connectivity index (χ4n) is 8.44. The summed E-state index contributed by atoms with van der Waals surface area (Å²) in [4.78, 5) is 20.7. The van der Waals surface area contributed by atoms with Gasteiger partial charge in [-0.05, 0) is 86.3 Å². The number of nitrogens with zero attached hydrogens (tertiary/aromatic N) is 2. The lowest BCUT2D eigenvalue weighted by atomic mass is 9.40. The number of oxazole rings is 1. The number of amides is 1. The van der Waals surface area contributed by atoms with Crippen LogP contribution in [-0.2, 0) is 4.79 Å². The molecule has 1 aromatic heterocycles. The molecule has 0 radical (unpaired) electrons. The highest BCUT2D eigenvalue weighted by molar-refractivity contribution is 6.31. The van der Waals surface area contributed by atoms with Crippen LogP contribution in [0.1, 0.15) is 77.0 Å². The summed E-state index contributed by atoms with van der Waals surface area (Å²) in [6.45, 7) is 6.54. The number of likely N-dealkylation sites (tertiary alicyclic amines) is 1. The fraction of sp³-hybridized carbons (Fsp3) is 0.680. The SMILES string of the molecule is CC12CC3CC(C)(C1)CC(C(=O)N1CCC(c4nc5cc(Cl)ccc5o4)CC1)(C3)C2. The molecule has 1 amide bonds. The Kier molecular flexibility index (Phi) is 3.99. The van der Waals surface area contributed by atoms with Gasteiger partial charge in [0.25, 0.3) is 0 Å². The second-order valence-corrected chi connectivity index (χ2v) is 12.1. The van der Waals surface area contributed by atoms with Gasteiger partial charge in [0.1, 0.15) is 5.52 Å². The van der Waals surface area contributed by atoms with Gasteiger partial charge in [-0.15, -0.1) is 0 Å². The minimum Gasteiger partial charge on any atom is -0.440 e. The van der Waals surface area contributed by atoms with Crippen LogP contribution >= 0.6 is 11.6 Å². The first kappa shape index (κ1) is 19.2. The van der Waals surface area contributed by atoms with Gasteiger partial charge < -0.3 is 9.32 Å². The molecule has 1 saturated heterocycles. The third-order valence-electron chi connectivity index (χ3n) is 8.58. The van der Waals surface area contributed by atoms with Crippen molar-refractivity contribution in [3.63, 3.8) is 0 Å². The van der Waals surface area contributed by atoms with E-state index in [1.54, 1.807) is 0 Å². The minimum absolute atomic E-state index is 0.0931. The molecule has 7 rings (SSSR count). The number of carbonyl (C=O) groups excluding carboxylic acids is 1. The minimum atomic E-state index is -0.0931. The van der Waals surface area contributed by atoms with Gasteiger partial charge in [-0.25, -0.2) is 4.98 Å². The van der Waals surface area contributed by atoms with Crippen molar-refractivity contribution in [2.45, 2.75) is 71.1 Å². The van der Waals surface area contributed by atoms with E-state index in [4.69, 9.17) is 16.0 Å². The molecule has 0 spiro atoms. The van der Waals surface area contributed by atoms with Crippen molar-refractivity contribution < 1.29 is 9.21 Å². The van der Waals surface area contributed by atoms with Crippen LogP contribution in [0.3, 0.4) is 0 Å². The molecule has 2 aromatic rings. The van der Waals surface area contributed by atoms with Gasteiger partial charge in [-0.1, -0.05) is 25.4 Å². The molecule has 2 unspecified atom stereocenters. The molecular weight excluding hydrogens is 396 g/mol. The van der Waals surface area contributed by atoms with Gasteiger partial charge >= 0.3 is 0 Å². The van der Waals surface area contributed by atoms with Crippen LogP contribution in [-0.4, -0.2) is 28.9 Å². The maximum atomic E-state index is 13.8. The molecule has 0 N–H and O–H groups in total. The predicted molar refractivity (Wildman–Crippen MR) is 117 cm³/mol. The predicted octanol–water partition coefficient (Wildman–Crippen LogP) is 6.18. The summed E-state index contributed by atoms with van der Waals surface area (Å²) in [5.41, 5.74) is 2.28. The van der Waals surface area contributed by atoms with Crippen molar-refractivity contribution in [2.75, 3.05) is 13.1 Å². The van der Waals surface area contributed by atoms with E-state index in [0.717, 1.165) is 68.1 Å². The maximum absolute atomic E-state index is 13.8. The molecule has 4 aliphatic carbocycles. The number of rotatable bonds is 2. The van der Waals surface area contributed by atoms with Crippen molar-refractivity contribution in [2.24, 2.45) is 22.2 Å². The highest BCUT2D eigenvalue weighted by Gasteiger charge is 2.63. The van der Waals surface area contributed by atoms with Crippen LogP contribution in [0, 0.1) is 22.2 Å². The Morgan fingerprint density at radius 1 is 1.10 bits per heavy atom. The van der Waals surface area contributed by atoms with Gasteiger partial charge in [0.2, 0.25) is 5.91 Å². The van der Waals surface area contributed by atoms with Crippen molar-refractivity contribution >= 4 is 28.6 Å². The zero-order valence-corrected chi connectivity index (χ0v) is 18.8. The molecule has 5 fully saturated rings. The van der Waals surface area contributed by atoms with E-state index in [2.05, 4.69) is 23.7 Å². The summed E-state index contributed by atoms with van der Waals surface area (Å²) in [5, 5.41) is 0.681. The normalized spacial score (nSPS) is 38.5. The van der Waals surface area contributed by atoms with Gasteiger partial charge in [0.05, 0.1) is 5.41 Å². The zero-order chi connectivity index (χ0) is 20.7. The van der Waals surface area contributed by atoms with E-state index in [1.807, 2.05) is 18.2 Å². The third kappa shape index (κ3) is 2.93. The largest absolute Gasteiger partial charge is 0.440 e. The fourth-order valence-corrected chi connectivity index (χ4v) is 8.61. The summed E-state index contributed by atoms with van der Waals surface area (Å²) in [6.07, 6.45) is 9.19. The lowest BCUT2D eigenvalue weighted by Crippen LogP contribution is -2.60. The lowest BCUT2D eigenvalue weighted by Gasteiger charge is -2.65. The number of benzene rings is 1. The average molecular weight is 427 g/mol. The van der Waals surface area contributed by atoms with Crippen LogP contribution in [0.2, 0.25) is 5.02 Å². The second-order valence-electron chi connectivity index (χ2n) is 11.6. The van der Waals surface area contributed by atoms with Gasteiger partial charge in [0.15, 0.2) is 11.5 Å². The number of hydrogen-bond acceptors (Lipinski definition) is 3. The number of aromatic nitrogens is 1. The second kappa shape index (κ2) is 6.25. The summed E-state index contributed by atoms with van der Waals surface area (Å²) >= 11 is 6.09. The monoisotopic (exact) mass is 426 g/mol. The van der Waals surface area contributed by atoms with Crippen LogP contribution in [0.25, 0.3) is 11.1 Å². The Labute approximate surface area is 183 Å². The number of halogens is 1. The van der Waals surface area contributed by atoms with Crippen molar-refractivity contribution in [1.29, 1.82) is 0 Å². The van der Waals surface area contributed by atoms with E-state index >= 15 is 0 Å². The van der Waals surface area contributed by atoms with E-state index in [-0.39, 0.29) is 11.3 Å². The molecule has 160 valence electrons. The standard InChI is InChI=1S/C25H31ClN2O2/c1-23-10-16-11-24(2,13-23)15-25(12-16,14-23)22(29)28-7-5-17(6-8-28)21-27-19-9-18(26)3-4-20(19)30-21/h3-4,9,16-17H,5-8,10-15H2,1-2H3. The smallest absolute Gasteiger partial charge is 0.228 e. The van der Waals surface area contributed by atoms with Crippen LogP contribution in [0.15, 0.2) is 22.6 Å². The molecule has 1 aromatic carbocycles. The Bertz CT molecular complexity index is 1000. The number of piperidine rings is 1. The molecule has 30 heavy (non-hydrogen) atoms. The van der Waals surface area contributed by atoms with Crippen molar-refractivity contribution in [3.8, 4) is 0 Å². The molecule has 4 bridgehead atoms. The number of carbonyl (C=O) groups is 1. The first-order valence-corrected chi connectivity index (χ1v) is 12.0. The summed E-state index contributed by atoms with van der Waals surface area (Å²) < 4.78 is 6.01. The first-order chi connectivity index (χ1) is 14.2. The van der Waals surface area contributed by atoms with E-state index < -0.39 is 0 Å².